The highest BCUT2D eigenvalue weighted by atomic mass is 19.4. The molecule has 4 nitrogen and oxygen atoms in total. The number of halogens is 3. The summed E-state index contributed by atoms with van der Waals surface area (Å²) in [5.41, 5.74) is -1.64. The van der Waals surface area contributed by atoms with Gasteiger partial charge >= 0.3 is 12.1 Å². The quantitative estimate of drug-likeness (QED) is 0.771. The van der Waals surface area contributed by atoms with Gasteiger partial charge in [0.2, 0.25) is 0 Å². The van der Waals surface area contributed by atoms with Crippen LogP contribution in [0.2, 0.25) is 0 Å². The summed E-state index contributed by atoms with van der Waals surface area (Å²) in [4.78, 5) is 10.3. The molecule has 0 spiro atoms. The number of carbonyl (C=O) groups is 1. The fraction of sp³-hybridized carbons (Fsp3) is 0.364. The van der Waals surface area contributed by atoms with E-state index in [0.717, 1.165) is 18.2 Å². The van der Waals surface area contributed by atoms with Crippen molar-refractivity contribution in [3.63, 3.8) is 0 Å². The maximum absolute atomic E-state index is 12.6. The number of aliphatic carboxylic acids is 1. The van der Waals surface area contributed by atoms with Gasteiger partial charge in [-0.3, -0.25) is 4.79 Å². The molecule has 2 atom stereocenters. The van der Waals surface area contributed by atoms with Crippen LogP contribution < -0.4 is 0 Å². The zero-order valence-electron chi connectivity index (χ0n) is 9.05. The monoisotopic (exact) mass is 264 g/mol. The molecule has 100 valence electrons. The number of aliphatic hydroxyl groups excluding tert-OH is 2. The zero-order chi connectivity index (χ0) is 13.9. The molecule has 0 saturated carbocycles. The van der Waals surface area contributed by atoms with Crippen LogP contribution in [0.3, 0.4) is 0 Å². The Labute approximate surface area is 100 Å². The van der Waals surface area contributed by atoms with E-state index >= 15 is 0 Å². The lowest BCUT2D eigenvalue weighted by atomic mass is 9.97. The average molecular weight is 264 g/mol. The molecule has 0 aromatic heterocycles. The number of hydrogen-bond donors (Lipinski definition) is 3. The van der Waals surface area contributed by atoms with Crippen LogP contribution in [0.15, 0.2) is 24.3 Å². The lowest BCUT2D eigenvalue weighted by Crippen LogP contribution is -2.24. The van der Waals surface area contributed by atoms with Crippen LogP contribution in [-0.2, 0) is 11.0 Å². The molecule has 18 heavy (non-hydrogen) atoms. The second kappa shape index (κ2) is 5.36. The Morgan fingerprint density at radius 1 is 1.22 bits per heavy atom. The Hall–Kier alpha value is -1.60. The fourth-order valence-electron chi connectivity index (χ4n) is 1.51. The van der Waals surface area contributed by atoms with E-state index in [-0.39, 0.29) is 0 Å². The molecule has 0 heterocycles. The normalized spacial score (nSPS) is 15.2. The number of rotatable bonds is 4. The first kappa shape index (κ1) is 14.5. The van der Waals surface area contributed by atoms with Crippen molar-refractivity contribution in [3.8, 4) is 0 Å². The molecule has 2 unspecified atom stereocenters. The third-order valence-electron chi connectivity index (χ3n) is 2.33. The van der Waals surface area contributed by atoms with Gasteiger partial charge in [-0.2, -0.15) is 13.2 Å². The van der Waals surface area contributed by atoms with E-state index in [1.807, 2.05) is 0 Å². The van der Waals surface area contributed by atoms with Gasteiger partial charge in [-0.1, -0.05) is 18.2 Å². The molecule has 0 aliphatic rings. The Bertz CT molecular complexity index is 431. The van der Waals surface area contributed by atoms with Crippen LogP contribution in [0, 0.1) is 0 Å². The Morgan fingerprint density at radius 3 is 2.28 bits per heavy atom. The molecular formula is C11H11F3O4. The van der Waals surface area contributed by atoms with Crippen molar-refractivity contribution >= 4 is 5.97 Å². The van der Waals surface area contributed by atoms with Gasteiger partial charge in [0.05, 0.1) is 18.1 Å². The zero-order valence-corrected chi connectivity index (χ0v) is 9.05. The molecule has 7 heteroatoms. The first-order valence-electron chi connectivity index (χ1n) is 4.97. The van der Waals surface area contributed by atoms with E-state index in [1.165, 1.54) is 6.07 Å². The van der Waals surface area contributed by atoms with Gasteiger partial charge in [0, 0.05) is 0 Å². The van der Waals surface area contributed by atoms with Gasteiger partial charge in [-0.05, 0) is 11.6 Å². The lowest BCUT2D eigenvalue weighted by molar-refractivity contribution is -0.142. The Morgan fingerprint density at radius 2 is 1.78 bits per heavy atom. The van der Waals surface area contributed by atoms with Gasteiger partial charge in [-0.25, -0.2) is 0 Å². The average Bonchev–Trinajstić information content (AvgIpc) is 2.26. The number of alkyl halides is 3. The molecule has 0 amide bonds. The minimum absolute atomic E-state index is 0.543. The van der Waals surface area contributed by atoms with Crippen LogP contribution in [0.1, 0.15) is 23.7 Å². The maximum atomic E-state index is 12.6. The van der Waals surface area contributed by atoms with E-state index in [9.17, 15) is 28.2 Å². The van der Waals surface area contributed by atoms with E-state index in [2.05, 4.69) is 0 Å². The predicted molar refractivity (Wildman–Crippen MR) is 54.7 cm³/mol. The summed E-state index contributed by atoms with van der Waals surface area (Å²) < 4.78 is 37.9. The second-order valence-corrected chi connectivity index (χ2v) is 3.70. The van der Waals surface area contributed by atoms with Gasteiger partial charge in [0.1, 0.15) is 6.10 Å². The number of carboxylic acids is 1. The van der Waals surface area contributed by atoms with Crippen molar-refractivity contribution in [3.05, 3.63) is 35.4 Å². The van der Waals surface area contributed by atoms with Crippen molar-refractivity contribution in [2.45, 2.75) is 24.8 Å². The molecule has 1 aromatic rings. The number of benzene rings is 1. The van der Waals surface area contributed by atoms with Crippen LogP contribution in [0.5, 0.6) is 0 Å². The first-order valence-corrected chi connectivity index (χ1v) is 4.97. The van der Waals surface area contributed by atoms with Crippen molar-refractivity contribution in [1.29, 1.82) is 0 Å². The Balaban J connectivity index is 3.06. The highest BCUT2D eigenvalue weighted by Gasteiger charge is 2.36. The van der Waals surface area contributed by atoms with Crippen LogP contribution in [0.4, 0.5) is 13.2 Å². The third-order valence-corrected chi connectivity index (χ3v) is 2.33. The van der Waals surface area contributed by atoms with Crippen molar-refractivity contribution in [2.24, 2.45) is 0 Å². The van der Waals surface area contributed by atoms with E-state index in [1.54, 1.807) is 0 Å². The van der Waals surface area contributed by atoms with Gasteiger partial charge in [0.25, 0.3) is 0 Å². The van der Waals surface area contributed by atoms with E-state index < -0.39 is 41.9 Å². The van der Waals surface area contributed by atoms with Gasteiger partial charge in [-0.15, -0.1) is 0 Å². The highest BCUT2D eigenvalue weighted by molar-refractivity contribution is 5.67. The molecule has 0 aliphatic heterocycles. The first-order chi connectivity index (χ1) is 8.23. The highest BCUT2D eigenvalue weighted by Crippen LogP contribution is 2.35. The number of aliphatic hydroxyl groups is 2. The smallest absolute Gasteiger partial charge is 0.416 e. The van der Waals surface area contributed by atoms with Crippen molar-refractivity contribution < 1.29 is 33.3 Å². The van der Waals surface area contributed by atoms with Gasteiger partial charge in [0.15, 0.2) is 0 Å². The van der Waals surface area contributed by atoms with E-state index in [4.69, 9.17) is 5.11 Å². The largest absolute Gasteiger partial charge is 0.481 e. The molecule has 0 saturated heterocycles. The standard InChI is InChI=1S/C11H11F3O4/c12-11(13,14)7-4-2-1-3-6(7)10(18)8(15)5-9(16)17/h1-4,8,10,15,18H,5H2,(H,16,17). The molecular weight excluding hydrogens is 253 g/mol. The summed E-state index contributed by atoms with van der Waals surface area (Å²) in [7, 11) is 0. The molecule has 1 rings (SSSR count). The molecule has 3 N–H and O–H groups in total. The lowest BCUT2D eigenvalue weighted by Gasteiger charge is -2.20. The summed E-state index contributed by atoms with van der Waals surface area (Å²) in [6, 6.07) is 4.16. The SMILES string of the molecule is O=C(O)CC(O)C(O)c1ccccc1C(F)(F)F. The summed E-state index contributed by atoms with van der Waals surface area (Å²) in [6.07, 6.45) is -9.22. The molecule has 0 aliphatic carbocycles. The summed E-state index contributed by atoms with van der Waals surface area (Å²) in [6.45, 7) is 0. The van der Waals surface area contributed by atoms with Gasteiger partial charge < -0.3 is 15.3 Å². The second-order valence-electron chi connectivity index (χ2n) is 3.70. The van der Waals surface area contributed by atoms with Crippen molar-refractivity contribution in [2.75, 3.05) is 0 Å². The molecule has 0 radical (unpaired) electrons. The number of hydrogen-bond acceptors (Lipinski definition) is 3. The van der Waals surface area contributed by atoms with Crippen LogP contribution in [-0.4, -0.2) is 27.4 Å². The van der Waals surface area contributed by atoms with E-state index in [0.29, 0.717) is 0 Å². The summed E-state index contributed by atoms with van der Waals surface area (Å²) in [5.74, 6) is -1.41. The fourth-order valence-corrected chi connectivity index (χ4v) is 1.51. The summed E-state index contributed by atoms with van der Waals surface area (Å²) >= 11 is 0. The number of carboxylic acid groups (broad SMARTS) is 1. The minimum atomic E-state index is -4.68. The third kappa shape index (κ3) is 3.44. The minimum Gasteiger partial charge on any atom is -0.481 e. The molecule has 1 aromatic carbocycles. The molecule has 0 bridgehead atoms. The van der Waals surface area contributed by atoms with Crippen molar-refractivity contribution in [1.82, 2.24) is 0 Å². The summed E-state index contributed by atoms with van der Waals surface area (Å²) in [5, 5.41) is 27.3. The predicted octanol–water partition coefficient (Wildman–Crippen LogP) is 1.57. The molecule has 0 fully saturated rings. The topological polar surface area (TPSA) is 77.8 Å². The Kier molecular flexibility index (Phi) is 4.31. The van der Waals surface area contributed by atoms with Crippen LogP contribution in [0.25, 0.3) is 0 Å². The van der Waals surface area contributed by atoms with Crippen LogP contribution >= 0.6 is 0 Å². The maximum Gasteiger partial charge on any atom is 0.416 e.